The summed E-state index contributed by atoms with van der Waals surface area (Å²) in [7, 11) is 0. The Morgan fingerprint density at radius 3 is 1.77 bits per heavy atom. The largest absolute Gasteiger partial charge is 0.439 e. The lowest BCUT2D eigenvalue weighted by atomic mass is 9.95. The highest BCUT2D eigenvalue weighted by atomic mass is 32.2. The van der Waals surface area contributed by atoms with Crippen LogP contribution in [-0.4, -0.2) is 49.6 Å². The number of aliphatic imine (C=N–C) groups is 1. The van der Waals surface area contributed by atoms with E-state index in [1.165, 1.54) is 48.6 Å². The van der Waals surface area contributed by atoms with E-state index >= 15 is 0 Å². The third-order valence-corrected chi connectivity index (χ3v) is 11.0. The van der Waals surface area contributed by atoms with E-state index in [1.807, 2.05) is 48.9 Å². The van der Waals surface area contributed by atoms with Crippen molar-refractivity contribution >= 4 is 57.9 Å². The van der Waals surface area contributed by atoms with Crippen LogP contribution < -0.4 is 20.9 Å². The first-order valence-electron chi connectivity index (χ1n) is 19.7. The van der Waals surface area contributed by atoms with Gasteiger partial charge in [0.2, 0.25) is 11.8 Å². The minimum atomic E-state index is -4.38. The van der Waals surface area contributed by atoms with E-state index in [4.69, 9.17) is 20.9 Å². The fraction of sp³-hybridized carbons (Fsp3) is 0.196. The standard InChI is InChI=1S/C23H20F3N5OS.C23H19F3N4OS/c1-13-15(4-3-5-18(13)23(24,25)26)10-16-11-19(31-30-16)14-6-8-17(9-7-14)32-21-12-20(27)28-22(29-21)33-2;1-32-22-29-20(27)12-21(30-22)31-19-7-5-15(6-8-19)16-11-18(28-13-16)10-14-3-2-4-17(9-14)23(24,25)26/h3-9,12H,10-11H2,1-2H3,(H2,27,28,29);2-9,12-13H,10-11H2,1H3,(H2,27,29,30). The van der Waals surface area contributed by atoms with E-state index in [2.05, 4.69) is 35.1 Å². The fourth-order valence-corrected chi connectivity index (χ4v) is 7.49. The average Bonchev–Trinajstić information content (AvgIpc) is 3.94. The Balaban J connectivity index is 0.000000194. The number of nitrogens with zero attached hydrogens (tertiary/aromatic N) is 7. The highest BCUT2D eigenvalue weighted by Crippen LogP contribution is 2.35. The average molecular weight is 928 g/mol. The van der Waals surface area contributed by atoms with Crippen molar-refractivity contribution in [1.29, 1.82) is 0 Å². The number of hydrogen-bond acceptors (Lipinski definition) is 13. The van der Waals surface area contributed by atoms with Gasteiger partial charge in [-0.15, -0.1) is 0 Å². The van der Waals surface area contributed by atoms with Gasteiger partial charge in [0.05, 0.1) is 22.6 Å². The maximum atomic E-state index is 13.2. The van der Waals surface area contributed by atoms with E-state index in [0.29, 0.717) is 87.7 Å². The molecule has 0 fully saturated rings. The minimum absolute atomic E-state index is 0.220. The lowest BCUT2D eigenvalue weighted by Crippen LogP contribution is -2.12. The van der Waals surface area contributed by atoms with Crippen LogP contribution >= 0.6 is 23.5 Å². The van der Waals surface area contributed by atoms with Gasteiger partial charge in [0.25, 0.3) is 0 Å². The van der Waals surface area contributed by atoms with Crippen molar-refractivity contribution in [2.45, 2.75) is 55.3 Å². The second-order valence-corrected chi connectivity index (χ2v) is 16.1. The third-order valence-electron chi connectivity index (χ3n) is 9.92. The van der Waals surface area contributed by atoms with Crippen molar-refractivity contribution in [3.8, 4) is 23.3 Å². The molecule has 2 aliphatic heterocycles. The smallest absolute Gasteiger partial charge is 0.416 e. The number of alkyl halides is 6. The Bertz CT molecular complexity index is 2810. The topological polar surface area (TPSA) is 159 Å². The number of ether oxygens (including phenoxy) is 2. The zero-order valence-electron chi connectivity index (χ0n) is 34.9. The molecule has 65 heavy (non-hydrogen) atoms. The van der Waals surface area contributed by atoms with Crippen molar-refractivity contribution in [1.82, 2.24) is 19.9 Å². The Kier molecular flexibility index (Phi) is 14.2. The summed E-state index contributed by atoms with van der Waals surface area (Å²) < 4.78 is 89.9. The first-order valence-corrected chi connectivity index (χ1v) is 22.1. The predicted octanol–water partition coefficient (Wildman–Crippen LogP) is 11.7. The zero-order chi connectivity index (χ0) is 46.3. The van der Waals surface area contributed by atoms with Crippen LogP contribution in [0.5, 0.6) is 23.3 Å². The van der Waals surface area contributed by atoms with Crippen LogP contribution in [0.1, 0.15) is 51.8 Å². The molecule has 8 rings (SSSR count). The van der Waals surface area contributed by atoms with Gasteiger partial charge in [-0.05, 0) is 101 Å². The summed E-state index contributed by atoms with van der Waals surface area (Å²) in [5, 5.41) is 9.48. The molecule has 0 saturated heterocycles. The molecule has 4 heterocycles. The van der Waals surface area contributed by atoms with Crippen LogP contribution in [0.25, 0.3) is 5.57 Å². The van der Waals surface area contributed by atoms with Crippen molar-refractivity contribution in [3.63, 3.8) is 0 Å². The molecule has 2 aromatic heterocycles. The number of nitrogens with two attached hydrogens (primary N) is 2. The SMILES string of the molecule is CSc1nc(N)cc(Oc2ccc(C3=CN=C(Cc4cccc(C(F)(F)F)c4)C3)cc2)n1.CSc1nc(N)cc(Oc2ccc(C3=NN=C(Cc4cccc(C(F)(F)F)c4C)C3)cc2)n1. The highest BCUT2D eigenvalue weighted by Gasteiger charge is 2.33. The van der Waals surface area contributed by atoms with Gasteiger partial charge in [-0.1, -0.05) is 66.0 Å². The van der Waals surface area contributed by atoms with Gasteiger partial charge in [-0.2, -0.15) is 46.5 Å². The molecule has 0 radical (unpaired) electrons. The molecular formula is C46H39F6N9O2S2. The van der Waals surface area contributed by atoms with Gasteiger partial charge in [0.1, 0.15) is 23.1 Å². The molecular weight excluding hydrogens is 889 g/mol. The first-order chi connectivity index (χ1) is 31.0. The van der Waals surface area contributed by atoms with Gasteiger partial charge >= 0.3 is 12.4 Å². The molecule has 0 aliphatic carbocycles. The highest BCUT2D eigenvalue weighted by molar-refractivity contribution is 7.98. The number of aromatic nitrogens is 4. The summed E-state index contributed by atoms with van der Waals surface area (Å²) in [6.07, 6.45) is -1.53. The van der Waals surface area contributed by atoms with Crippen LogP contribution in [0.2, 0.25) is 0 Å². The maximum Gasteiger partial charge on any atom is 0.416 e. The number of allylic oxidation sites excluding steroid dienone is 1. The predicted molar refractivity (Wildman–Crippen MR) is 243 cm³/mol. The van der Waals surface area contributed by atoms with Crippen molar-refractivity contribution in [2.24, 2.45) is 15.2 Å². The normalized spacial score (nSPS) is 13.6. The lowest BCUT2D eigenvalue weighted by Gasteiger charge is -2.13. The first kappa shape index (κ1) is 46.3. The van der Waals surface area contributed by atoms with Crippen LogP contribution in [-0.2, 0) is 25.2 Å². The number of benzene rings is 4. The molecule has 4 aromatic carbocycles. The summed E-state index contributed by atoms with van der Waals surface area (Å²) in [6.45, 7) is 1.49. The monoisotopic (exact) mass is 927 g/mol. The van der Waals surface area contributed by atoms with Crippen LogP contribution in [0.3, 0.4) is 0 Å². The Labute approximate surface area is 378 Å². The Morgan fingerprint density at radius 2 is 1.20 bits per heavy atom. The maximum absolute atomic E-state index is 13.2. The molecule has 11 nitrogen and oxygen atoms in total. The number of rotatable bonds is 12. The molecule has 0 saturated carbocycles. The van der Waals surface area contributed by atoms with E-state index in [0.717, 1.165) is 40.3 Å². The van der Waals surface area contributed by atoms with Crippen molar-refractivity contribution in [3.05, 3.63) is 148 Å². The van der Waals surface area contributed by atoms with Crippen molar-refractivity contribution in [2.75, 3.05) is 24.0 Å². The second-order valence-electron chi connectivity index (χ2n) is 14.5. The molecule has 0 amide bonds. The molecule has 334 valence electrons. The quantitative estimate of drug-likeness (QED) is 0.0687. The van der Waals surface area contributed by atoms with Crippen LogP contribution in [0.15, 0.2) is 135 Å². The van der Waals surface area contributed by atoms with E-state index in [9.17, 15) is 26.3 Å². The second kappa shape index (κ2) is 20.0. The van der Waals surface area contributed by atoms with Gasteiger partial charge in [0.15, 0.2) is 10.3 Å². The number of halogens is 6. The van der Waals surface area contributed by atoms with Gasteiger partial charge < -0.3 is 20.9 Å². The number of thioether (sulfide) groups is 2. The zero-order valence-corrected chi connectivity index (χ0v) is 36.5. The third kappa shape index (κ3) is 12.3. The molecule has 6 aromatic rings. The number of nitrogen functional groups attached to an aromatic ring is 2. The summed E-state index contributed by atoms with van der Waals surface area (Å²) in [6, 6.07) is 27.4. The Hall–Kier alpha value is -6.73. The molecule has 0 bridgehead atoms. The molecule has 4 N–H and O–H groups in total. The van der Waals surface area contributed by atoms with Crippen LogP contribution in [0, 0.1) is 6.92 Å². The van der Waals surface area contributed by atoms with E-state index in [-0.39, 0.29) is 5.56 Å². The van der Waals surface area contributed by atoms with Gasteiger partial charge in [0, 0.05) is 49.7 Å². The number of anilines is 2. The summed E-state index contributed by atoms with van der Waals surface area (Å²) in [4.78, 5) is 21.1. The molecule has 0 spiro atoms. The summed E-state index contributed by atoms with van der Waals surface area (Å²) in [5.41, 5.74) is 16.8. The van der Waals surface area contributed by atoms with E-state index in [1.54, 1.807) is 42.6 Å². The van der Waals surface area contributed by atoms with Gasteiger partial charge in [-0.25, -0.2) is 9.97 Å². The van der Waals surface area contributed by atoms with Crippen LogP contribution in [0.4, 0.5) is 38.0 Å². The molecule has 2 aliphatic rings. The van der Waals surface area contributed by atoms with E-state index < -0.39 is 23.5 Å². The summed E-state index contributed by atoms with van der Waals surface area (Å²) in [5.74, 6) is 2.53. The fourth-order valence-electron chi connectivity index (χ4n) is 6.74. The molecule has 19 heteroatoms. The lowest BCUT2D eigenvalue weighted by molar-refractivity contribution is -0.138. The molecule has 0 unspecified atom stereocenters. The Morgan fingerprint density at radius 1 is 0.615 bits per heavy atom. The van der Waals surface area contributed by atoms with Gasteiger partial charge in [-0.3, -0.25) is 4.99 Å². The summed E-state index contributed by atoms with van der Waals surface area (Å²) >= 11 is 2.74. The molecule has 0 atom stereocenters. The minimum Gasteiger partial charge on any atom is -0.439 e. The van der Waals surface area contributed by atoms with Crippen molar-refractivity contribution < 1.29 is 35.8 Å². The number of hydrogen-bond donors (Lipinski definition) is 2.